The summed E-state index contributed by atoms with van der Waals surface area (Å²) in [4.78, 5) is 10.9. The monoisotopic (exact) mass is 392 g/mol. The van der Waals surface area contributed by atoms with Crippen LogP contribution in [-0.4, -0.2) is 36.3 Å². The van der Waals surface area contributed by atoms with Gasteiger partial charge in [0.05, 0.1) is 18.7 Å². The van der Waals surface area contributed by atoms with Gasteiger partial charge in [0.15, 0.2) is 0 Å². The molecule has 1 fully saturated rings. The van der Waals surface area contributed by atoms with E-state index >= 15 is 0 Å². The molecule has 0 amide bonds. The van der Waals surface area contributed by atoms with E-state index in [1.165, 1.54) is 10.5 Å². The van der Waals surface area contributed by atoms with Crippen LogP contribution in [0.25, 0.3) is 10.9 Å². The summed E-state index contributed by atoms with van der Waals surface area (Å²) in [6, 6.07) is 18.5. The van der Waals surface area contributed by atoms with Crippen molar-refractivity contribution in [2.45, 2.75) is 6.54 Å². The van der Waals surface area contributed by atoms with Crippen LogP contribution in [0.15, 0.2) is 54.6 Å². The lowest BCUT2D eigenvalue weighted by Gasteiger charge is -2.22. The van der Waals surface area contributed by atoms with Crippen LogP contribution in [0.4, 0.5) is 11.8 Å². The Bertz CT molecular complexity index is 826. The zero-order valence-electron chi connectivity index (χ0n) is 14.3. The molecule has 0 aliphatic carbocycles. The molecule has 0 saturated carbocycles. The highest BCUT2D eigenvalue weighted by molar-refractivity contribution is 5.89. The van der Waals surface area contributed by atoms with Crippen molar-refractivity contribution in [3.63, 3.8) is 0 Å². The van der Waals surface area contributed by atoms with Gasteiger partial charge in [0.2, 0.25) is 0 Å². The highest BCUT2D eigenvalue weighted by Gasteiger charge is 2.21. The van der Waals surface area contributed by atoms with Crippen LogP contribution >= 0.6 is 12.4 Å². The second-order valence-corrected chi connectivity index (χ2v) is 5.97. The number of benzene rings is 2. The van der Waals surface area contributed by atoms with E-state index in [0.717, 1.165) is 55.5 Å². The van der Waals surface area contributed by atoms with Gasteiger partial charge in [0.1, 0.15) is 18.9 Å². The Morgan fingerprint density at radius 2 is 1.62 bits per heavy atom. The maximum absolute atomic E-state index is 5.45. The normalized spacial score (nSPS) is 14.3. The van der Waals surface area contributed by atoms with Crippen LogP contribution in [0.3, 0.4) is 0 Å². The van der Waals surface area contributed by atoms with Crippen molar-refractivity contribution in [2.24, 2.45) is 0 Å². The molecule has 7 heteroatoms. The highest BCUT2D eigenvalue weighted by Crippen LogP contribution is 2.21. The van der Waals surface area contributed by atoms with Gasteiger partial charge in [0.25, 0.3) is 0 Å². The molecule has 2 N–H and O–H groups in total. The van der Waals surface area contributed by atoms with Gasteiger partial charge >= 0.3 is 5.95 Å². The summed E-state index contributed by atoms with van der Waals surface area (Å²) < 4.78 is 5.45. The maximum atomic E-state index is 5.45. The quantitative estimate of drug-likeness (QED) is 0.611. The van der Waals surface area contributed by atoms with Crippen molar-refractivity contribution in [3.05, 3.63) is 60.2 Å². The molecule has 0 radical (unpaired) electrons. The number of nitrogens with zero attached hydrogens (tertiary/aromatic N) is 2. The van der Waals surface area contributed by atoms with Gasteiger partial charge in [-0.05, 0) is 17.7 Å². The van der Waals surface area contributed by atoms with Crippen molar-refractivity contribution >= 4 is 35.1 Å². The summed E-state index contributed by atoms with van der Waals surface area (Å²) in [5.74, 6) is 1.76. The zero-order chi connectivity index (χ0) is 16.2. The molecule has 138 valence electrons. The largest absolute Gasteiger partial charge is 1.00 e. The predicted octanol–water partition coefficient (Wildman–Crippen LogP) is -0.786. The number of ether oxygens (including phenoxy) is 1. The SMILES string of the molecule is Cl.[Cl-].c1ccc(CNc2nc([NH+]3CCOCC3)nc3ccccc23)cc1. The summed E-state index contributed by atoms with van der Waals surface area (Å²) in [6.07, 6.45) is 0. The number of fused-ring (bicyclic) bond motifs is 1. The Morgan fingerprint density at radius 3 is 2.38 bits per heavy atom. The third-order valence-corrected chi connectivity index (χ3v) is 4.32. The first kappa shape index (κ1) is 20.4. The highest BCUT2D eigenvalue weighted by atomic mass is 35.5. The van der Waals surface area contributed by atoms with Crippen molar-refractivity contribution in [3.8, 4) is 0 Å². The van der Waals surface area contributed by atoms with Gasteiger partial charge in [-0.1, -0.05) is 42.5 Å². The maximum Gasteiger partial charge on any atom is 0.329 e. The fourth-order valence-corrected chi connectivity index (χ4v) is 2.99. The molecule has 0 unspecified atom stereocenters. The number of para-hydroxylation sites is 1. The van der Waals surface area contributed by atoms with E-state index in [1.54, 1.807) is 0 Å². The molecule has 26 heavy (non-hydrogen) atoms. The molecule has 2 aromatic carbocycles. The Kier molecular flexibility index (Phi) is 7.60. The molecule has 4 rings (SSSR count). The molecule has 2 heterocycles. The van der Waals surface area contributed by atoms with Crippen molar-refractivity contribution in [2.75, 3.05) is 31.6 Å². The first-order valence-electron chi connectivity index (χ1n) is 8.37. The van der Waals surface area contributed by atoms with Crippen LogP contribution < -0.4 is 22.6 Å². The van der Waals surface area contributed by atoms with Crippen LogP contribution in [0.1, 0.15) is 5.56 Å². The number of halogens is 2. The molecule has 1 aliphatic rings. The molecule has 3 aromatic rings. The molecule has 5 nitrogen and oxygen atoms in total. The molecule has 0 atom stereocenters. The summed E-state index contributed by atoms with van der Waals surface area (Å²) in [7, 11) is 0. The smallest absolute Gasteiger partial charge is 0.329 e. The van der Waals surface area contributed by atoms with E-state index in [-0.39, 0.29) is 24.8 Å². The molecule has 0 bridgehead atoms. The van der Waals surface area contributed by atoms with Gasteiger partial charge in [-0.2, -0.15) is 9.97 Å². The second kappa shape index (κ2) is 9.69. The third kappa shape index (κ3) is 4.62. The Morgan fingerprint density at radius 1 is 0.923 bits per heavy atom. The number of rotatable bonds is 4. The van der Waals surface area contributed by atoms with Gasteiger partial charge in [-0.25, -0.2) is 0 Å². The van der Waals surface area contributed by atoms with E-state index in [9.17, 15) is 0 Å². The lowest BCUT2D eigenvalue weighted by Crippen LogP contribution is -3.10. The average molecular weight is 393 g/mol. The fourth-order valence-electron chi connectivity index (χ4n) is 2.99. The second-order valence-electron chi connectivity index (χ2n) is 5.97. The van der Waals surface area contributed by atoms with Gasteiger partial charge in [-0.15, -0.1) is 12.4 Å². The summed E-state index contributed by atoms with van der Waals surface area (Å²) in [5, 5.41) is 4.55. The van der Waals surface area contributed by atoms with E-state index in [0.29, 0.717) is 0 Å². The van der Waals surface area contributed by atoms with Crippen molar-refractivity contribution in [1.29, 1.82) is 0 Å². The van der Waals surface area contributed by atoms with Crippen LogP contribution in [-0.2, 0) is 11.3 Å². The van der Waals surface area contributed by atoms with Gasteiger partial charge in [-0.3, -0.25) is 4.90 Å². The van der Waals surface area contributed by atoms with Crippen LogP contribution in [0.5, 0.6) is 0 Å². The number of nitrogens with one attached hydrogen (secondary N) is 2. The van der Waals surface area contributed by atoms with Crippen molar-refractivity contribution < 1.29 is 22.0 Å². The minimum absolute atomic E-state index is 0. The topological polar surface area (TPSA) is 51.5 Å². The average Bonchev–Trinajstić information content (AvgIpc) is 2.67. The molecular formula is C19H22Cl2N4O. The van der Waals surface area contributed by atoms with E-state index in [4.69, 9.17) is 14.7 Å². The van der Waals surface area contributed by atoms with Crippen LogP contribution in [0, 0.1) is 0 Å². The van der Waals surface area contributed by atoms with Crippen LogP contribution in [0.2, 0.25) is 0 Å². The molecule has 0 spiro atoms. The summed E-state index contributed by atoms with van der Waals surface area (Å²) in [5.41, 5.74) is 2.22. The molecule has 1 aromatic heterocycles. The molecular weight excluding hydrogens is 371 g/mol. The lowest BCUT2D eigenvalue weighted by molar-refractivity contribution is -0.847. The zero-order valence-corrected chi connectivity index (χ0v) is 15.9. The summed E-state index contributed by atoms with van der Waals surface area (Å²) in [6.45, 7) is 4.10. The first-order valence-corrected chi connectivity index (χ1v) is 8.37. The number of hydrogen-bond donors (Lipinski definition) is 2. The first-order chi connectivity index (χ1) is 11.9. The number of aromatic nitrogens is 2. The molecule has 1 saturated heterocycles. The number of hydrogen-bond acceptors (Lipinski definition) is 4. The van der Waals surface area contributed by atoms with E-state index < -0.39 is 0 Å². The third-order valence-electron chi connectivity index (χ3n) is 4.32. The van der Waals surface area contributed by atoms with Crippen molar-refractivity contribution in [1.82, 2.24) is 9.97 Å². The Labute approximate surface area is 165 Å². The molecule has 1 aliphatic heterocycles. The van der Waals surface area contributed by atoms with E-state index in [2.05, 4.69) is 35.6 Å². The lowest BCUT2D eigenvalue weighted by atomic mass is 10.2. The number of anilines is 1. The fraction of sp³-hybridized carbons (Fsp3) is 0.263. The van der Waals surface area contributed by atoms with E-state index in [1.807, 2.05) is 24.3 Å². The Balaban J connectivity index is 0.00000121. The Hall–Kier alpha value is -1.92. The number of quaternary nitrogens is 1. The minimum atomic E-state index is 0. The standard InChI is InChI=1S/C19H20N4O.2ClH/c1-2-6-15(7-3-1)14-20-18-16-8-4-5-9-17(16)21-19(22-18)23-10-12-24-13-11-23;;/h1-9H,10-14H2,(H,20,21,22);2*1H. The predicted molar refractivity (Wildman–Crippen MR) is 102 cm³/mol. The van der Waals surface area contributed by atoms with Gasteiger partial charge < -0.3 is 22.5 Å². The minimum Gasteiger partial charge on any atom is -1.00 e. The number of morpholine rings is 1. The summed E-state index contributed by atoms with van der Waals surface area (Å²) >= 11 is 0. The van der Waals surface area contributed by atoms with Gasteiger partial charge in [0, 0.05) is 11.9 Å².